The van der Waals surface area contributed by atoms with Crippen LogP contribution in [0.25, 0.3) is 0 Å². The number of carbonyl (C=O) groups excluding carboxylic acids is 1. The Balaban J connectivity index is 1.65. The summed E-state index contributed by atoms with van der Waals surface area (Å²) in [5.74, 6) is -0.350. The average molecular weight is 447 g/mol. The van der Waals surface area contributed by atoms with Crippen LogP contribution in [0, 0.1) is 12.7 Å². The molecule has 4 heterocycles. The van der Waals surface area contributed by atoms with Crippen LogP contribution in [0.2, 0.25) is 0 Å². The third-order valence-electron chi connectivity index (χ3n) is 3.30. The van der Waals surface area contributed by atoms with E-state index < -0.39 is 11.7 Å². The molecule has 4 rings (SSSR count). The first-order valence-corrected chi connectivity index (χ1v) is 10.4. The lowest BCUT2D eigenvalue weighted by atomic mass is 10.3. The second-order valence-corrected chi connectivity index (χ2v) is 8.31. The molecule has 0 radical (unpaired) electrons. The monoisotopic (exact) mass is 446 g/mol. The Morgan fingerprint density at radius 1 is 1.24 bits per heavy atom. The summed E-state index contributed by atoms with van der Waals surface area (Å²) in [5, 5.41) is 10.7. The molecule has 4 aromatic heterocycles. The fourth-order valence-corrected chi connectivity index (χ4v) is 4.30. The molecule has 0 spiro atoms. The molecule has 13 heteroatoms. The van der Waals surface area contributed by atoms with Crippen LogP contribution in [0.1, 0.15) is 16.3 Å². The number of nitrogens with one attached hydrogen (secondary N) is 2. The van der Waals surface area contributed by atoms with Crippen LogP contribution in [-0.2, 0) is 0 Å². The molecule has 0 unspecified atom stereocenters. The average Bonchev–Trinajstić information content (AvgIpc) is 3.34. The van der Waals surface area contributed by atoms with E-state index in [1.54, 1.807) is 19.1 Å². The Labute approximate surface area is 176 Å². The van der Waals surface area contributed by atoms with E-state index in [2.05, 4.69) is 39.8 Å². The number of aromatic amines is 1. The first-order chi connectivity index (χ1) is 14.1. The maximum atomic E-state index is 13.5. The molecule has 0 aliphatic rings. The molecule has 0 saturated heterocycles. The fraction of sp³-hybridized carbons (Fsp3) is 0.0625. The van der Waals surface area contributed by atoms with E-state index in [9.17, 15) is 9.18 Å². The molecule has 0 fully saturated rings. The van der Waals surface area contributed by atoms with Crippen LogP contribution < -0.4 is 5.32 Å². The predicted molar refractivity (Wildman–Crippen MR) is 106 cm³/mol. The summed E-state index contributed by atoms with van der Waals surface area (Å²) in [4.78, 5) is 30.4. The number of rotatable bonds is 6. The highest BCUT2D eigenvalue weighted by atomic mass is 32.2. The molecular weight excluding hydrogens is 435 g/mol. The normalized spacial score (nSPS) is 10.8. The van der Waals surface area contributed by atoms with Crippen molar-refractivity contribution in [1.82, 2.24) is 34.5 Å². The van der Waals surface area contributed by atoms with E-state index in [-0.39, 0.29) is 5.69 Å². The summed E-state index contributed by atoms with van der Waals surface area (Å²) >= 11 is 3.49. The van der Waals surface area contributed by atoms with Crippen molar-refractivity contribution in [3.05, 3.63) is 54.3 Å². The molecule has 4 aromatic rings. The molecule has 2 N–H and O–H groups in total. The Kier molecular flexibility index (Phi) is 5.78. The third-order valence-corrected chi connectivity index (χ3v) is 5.85. The molecule has 146 valence electrons. The summed E-state index contributed by atoms with van der Waals surface area (Å²) in [6, 6.07) is 4.82. The second-order valence-electron chi connectivity index (χ2n) is 5.43. The number of carbonyl (C=O) groups is 1. The lowest BCUT2D eigenvalue weighted by molar-refractivity contribution is 0.101. The van der Waals surface area contributed by atoms with Gasteiger partial charge >= 0.3 is 0 Å². The molecule has 1 amide bonds. The van der Waals surface area contributed by atoms with E-state index in [0.29, 0.717) is 30.9 Å². The molecule has 0 aliphatic carbocycles. The number of aromatic nitrogens is 7. The smallest absolute Gasteiger partial charge is 0.277 e. The summed E-state index contributed by atoms with van der Waals surface area (Å²) in [6.45, 7) is 1.73. The van der Waals surface area contributed by atoms with Gasteiger partial charge in [0.15, 0.2) is 5.16 Å². The van der Waals surface area contributed by atoms with Gasteiger partial charge in [-0.1, -0.05) is 11.8 Å². The number of halogens is 1. The van der Waals surface area contributed by atoms with Gasteiger partial charge in [0.25, 0.3) is 5.91 Å². The minimum Gasteiger partial charge on any atom is -0.295 e. The highest BCUT2D eigenvalue weighted by Crippen LogP contribution is 2.32. The van der Waals surface area contributed by atoms with Gasteiger partial charge in [0.1, 0.15) is 28.7 Å². The van der Waals surface area contributed by atoms with Crippen LogP contribution in [0.15, 0.2) is 56.9 Å². The van der Waals surface area contributed by atoms with Crippen molar-refractivity contribution in [3.63, 3.8) is 0 Å². The maximum Gasteiger partial charge on any atom is 0.277 e. The molecule has 0 bridgehead atoms. The van der Waals surface area contributed by atoms with Crippen molar-refractivity contribution in [1.29, 1.82) is 0 Å². The van der Waals surface area contributed by atoms with E-state index in [1.807, 2.05) is 0 Å². The van der Waals surface area contributed by atoms with Crippen molar-refractivity contribution in [3.8, 4) is 0 Å². The lowest BCUT2D eigenvalue weighted by Crippen LogP contribution is -2.15. The van der Waals surface area contributed by atoms with Gasteiger partial charge in [-0.3, -0.25) is 20.2 Å². The highest BCUT2D eigenvalue weighted by molar-refractivity contribution is 7.99. The number of amides is 1. The van der Waals surface area contributed by atoms with E-state index >= 15 is 0 Å². The third kappa shape index (κ3) is 4.93. The largest absolute Gasteiger partial charge is 0.295 e. The van der Waals surface area contributed by atoms with Gasteiger partial charge in [0.2, 0.25) is 5.13 Å². The first kappa shape index (κ1) is 19.4. The number of pyridine rings is 2. The molecule has 0 atom stereocenters. The Morgan fingerprint density at radius 3 is 2.86 bits per heavy atom. The SMILES string of the molecule is Cc1nsc(NC(=O)c2nc(Sc3ncn[nH]3)ccc2Sc2cncc(F)c2)n1. The lowest BCUT2D eigenvalue weighted by Gasteiger charge is -2.09. The molecule has 29 heavy (non-hydrogen) atoms. The molecular formula is C16H11FN8OS3. The maximum absolute atomic E-state index is 13.5. The number of hydrogen-bond donors (Lipinski definition) is 2. The standard InChI is InChI=1S/C16H11FN8OS3/c1-8-21-16(29-25-8)23-14(26)13-11(27-10-4-9(17)5-18-6-10)2-3-12(22-13)28-15-19-7-20-24-15/h2-7H,1H3,(H,19,20,24)(H,21,23,25,26). The van der Waals surface area contributed by atoms with E-state index in [1.165, 1.54) is 42.1 Å². The zero-order chi connectivity index (χ0) is 20.2. The number of H-pyrrole nitrogens is 1. The summed E-state index contributed by atoms with van der Waals surface area (Å²) in [6.07, 6.45) is 4.01. The Hall–Kier alpha value is -2.90. The van der Waals surface area contributed by atoms with Crippen LogP contribution in [0.5, 0.6) is 0 Å². The molecule has 9 nitrogen and oxygen atoms in total. The van der Waals surface area contributed by atoms with Crippen LogP contribution in [0.3, 0.4) is 0 Å². The van der Waals surface area contributed by atoms with Gasteiger partial charge in [-0.05, 0) is 36.9 Å². The minimum absolute atomic E-state index is 0.164. The van der Waals surface area contributed by atoms with E-state index in [0.717, 1.165) is 17.7 Å². The highest BCUT2D eigenvalue weighted by Gasteiger charge is 2.18. The van der Waals surface area contributed by atoms with Gasteiger partial charge < -0.3 is 0 Å². The quantitative estimate of drug-likeness (QED) is 0.458. The zero-order valence-electron chi connectivity index (χ0n) is 14.7. The molecule has 0 saturated carbocycles. The first-order valence-electron chi connectivity index (χ1n) is 8.01. The Bertz CT molecular complexity index is 1150. The van der Waals surface area contributed by atoms with Gasteiger partial charge in [0, 0.05) is 27.5 Å². The number of anilines is 1. The van der Waals surface area contributed by atoms with Crippen molar-refractivity contribution < 1.29 is 9.18 Å². The van der Waals surface area contributed by atoms with Gasteiger partial charge in [0.05, 0.1) is 6.20 Å². The zero-order valence-corrected chi connectivity index (χ0v) is 17.1. The van der Waals surface area contributed by atoms with E-state index in [4.69, 9.17) is 0 Å². The Morgan fingerprint density at radius 2 is 2.14 bits per heavy atom. The van der Waals surface area contributed by atoms with Crippen LogP contribution in [0.4, 0.5) is 9.52 Å². The van der Waals surface area contributed by atoms with Gasteiger partial charge in [-0.25, -0.2) is 19.3 Å². The van der Waals surface area contributed by atoms with Crippen molar-refractivity contribution in [2.45, 2.75) is 26.9 Å². The molecule has 0 aliphatic heterocycles. The summed E-state index contributed by atoms with van der Waals surface area (Å²) < 4.78 is 17.5. The van der Waals surface area contributed by atoms with Crippen LogP contribution in [-0.4, -0.2) is 40.4 Å². The van der Waals surface area contributed by atoms with Gasteiger partial charge in [-0.15, -0.1) is 0 Å². The van der Waals surface area contributed by atoms with Crippen molar-refractivity contribution in [2.24, 2.45) is 0 Å². The van der Waals surface area contributed by atoms with Gasteiger partial charge in [-0.2, -0.15) is 9.47 Å². The number of aryl methyl sites for hydroxylation is 1. The second kappa shape index (κ2) is 8.63. The molecule has 0 aromatic carbocycles. The fourth-order valence-electron chi connectivity index (χ4n) is 2.15. The summed E-state index contributed by atoms with van der Waals surface area (Å²) in [5.41, 5.74) is 0.164. The van der Waals surface area contributed by atoms with Crippen molar-refractivity contribution >= 4 is 46.1 Å². The number of hydrogen-bond acceptors (Lipinski definition) is 10. The van der Waals surface area contributed by atoms with Crippen molar-refractivity contribution in [2.75, 3.05) is 5.32 Å². The number of nitrogens with zero attached hydrogens (tertiary/aromatic N) is 6. The predicted octanol–water partition coefficient (Wildman–Crippen LogP) is 3.45. The minimum atomic E-state index is -0.462. The topological polar surface area (TPSA) is 122 Å². The summed E-state index contributed by atoms with van der Waals surface area (Å²) in [7, 11) is 0. The van der Waals surface area contributed by atoms with Crippen LogP contribution >= 0.6 is 35.1 Å².